The molecule has 0 atom stereocenters. The lowest BCUT2D eigenvalue weighted by atomic mass is 10.0. The topological polar surface area (TPSA) is 46.5 Å². The number of carbonyl (C=O) groups is 1. The molecular formula is C15H11Br2ClO3. The summed E-state index contributed by atoms with van der Waals surface area (Å²) in [7, 11) is 0. The van der Waals surface area contributed by atoms with E-state index in [1.165, 1.54) is 6.07 Å². The number of hydrogen-bond donors (Lipinski definition) is 1. The van der Waals surface area contributed by atoms with Crippen molar-refractivity contribution in [2.24, 2.45) is 0 Å². The first-order valence-electron chi connectivity index (χ1n) is 6.04. The van der Waals surface area contributed by atoms with E-state index in [2.05, 4.69) is 31.9 Å². The zero-order valence-corrected chi connectivity index (χ0v) is 14.7. The summed E-state index contributed by atoms with van der Waals surface area (Å²) in [4.78, 5) is 11.2. The van der Waals surface area contributed by atoms with Crippen molar-refractivity contribution < 1.29 is 14.6 Å². The standard InChI is InChI=1S/C15H11Br2ClO3/c16-4-5-21-14-12(9-2-1-3-11(18)6-9)7-10(15(19)20)8-13(14)17/h1-3,6-8H,4-5H2,(H,19,20). The van der Waals surface area contributed by atoms with Gasteiger partial charge in [-0.3, -0.25) is 0 Å². The Morgan fingerprint density at radius 3 is 2.67 bits per heavy atom. The molecule has 0 saturated heterocycles. The van der Waals surface area contributed by atoms with Crippen molar-refractivity contribution >= 4 is 49.4 Å². The highest BCUT2D eigenvalue weighted by atomic mass is 79.9. The zero-order valence-electron chi connectivity index (χ0n) is 10.8. The molecule has 0 aliphatic rings. The van der Waals surface area contributed by atoms with E-state index in [-0.39, 0.29) is 5.56 Å². The van der Waals surface area contributed by atoms with Crippen LogP contribution >= 0.6 is 43.5 Å². The first-order valence-corrected chi connectivity index (χ1v) is 8.33. The number of rotatable bonds is 5. The van der Waals surface area contributed by atoms with Crippen LogP contribution in [0.15, 0.2) is 40.9 Å². The minimum absolute atomic E-state index is 0.183. The number of carboxylic acid groups (broad SMARTS) is 1. The Hall–Kier alpha value is -1.04. The van der Waals surface area contributed by atoms with E-state index in [9.17, 15) is 9.90 Å². The number of benzene rings is 2. The Morgan fingerprint density at radius 1 is 1.29 bits per heavy atom. The smallest absolute Gasteiger partial charge is 0.335 e. The van der Waals surface area contributed by atoms with Crippen LogP contribution in [-0.2, 0) is 0 Å². The molecule has 0 bridgehead atoms. The Morgan fingerprint density at radius 2 is 2.05 bits per heavy atom. The van der Waals surface area contributed by atoms with Gasteiger partial charge in [-0.05, 0) is 45.8 Å². The van der Waals surface area contributed by atoms with Crippen LogP contribution in [0.5, 0.6) is 5.75 Å². The lowest BCUT2D eigenvalue weighted by Gasteiger charge is -2.14. The van der Waals surface area contributed by atoms with Crippen LogP contribution in [-0.4, -0.2) is 23.0 Å². The first-order chi connectivity index (χ1) is 10.0. The van der Waals surface area contributed by atoms with Crippen LogP contribution in [0.4, 0.5) is 0 Å². The highest BCUT2D eigenvalue weighted by molar-refractivity contribution is 9.10. The maximum Gasteiger partial charge on any atom is 0.335 e. The van der Waals surface area contributed by atoms with Gasteiger partial charge >= 0.3 is 5.97 Å². The predicted octanol–water partition coefficient (Wildman–Crippen LogP) is 5.24. The molecule has 3 nitrogen and oxygen atoms in total. The Kier molecular flexibility index (Phi) is 5.67. The van der Waals surface area contributed by atoms with Crippen molar-refractivity contribution in [2.75, 3.05) is 11.9 Å². The van der Waals surface area contributed by atoms with Crippen molar-refractivity contribution in [3.8, 4) is 16.9 Å². The van der Waals surface area contributed by atoms with Gasteiger partial charge in [0.25, 0.3) is 0 Å². The summed E-state index contributed by atoms with van der Waals surface area (Å²) in [6, 6.07) is 10.3. The van der Waals surface area contributed by atoms with Crippen LogP contribution in [0, 0.1) is 0 Å². The molecule has 2 rings (SSSR count). The van der Waals surface area contributed by atoms with Gasteiger partial charge in [-0.15, -0.1) is 0 Å². The number of aromatic carboxylic acids is 1. The third-order valence-electron chi connectivity index (χ3n) is 2.75. The van der Waals surface area contributed by atoms with Gasteiger partial charge in [0.1, 0.15) is 5.75 Å². The summed E-state index contributed by atoms with van der Waals surface area (Å²) in [6.07, 6.45) is 0. The fourth-order valence-corrected chi connectivity index (χ4v) is 2.80. The minimum Gasteiger partial charge on any atom is -0.491 e. The molecule has 0 aliphatic heterocycles. The van der Waals surface area contributed by atoms with Crippen LogP contribution in [0.1, 0.15) is 10.4 Å². The molecule has 2 aromatic carbocycles. The lowest BCUT2D eigenvalue weighted by molar-refractivity contribution is 0.0697. The maximum absolute atomic E-state index is 11.2. The molecule has 1 N–H and O–H groups in total. The second kappa shape index (κ2) is 7.29. The third-order valence-corrected chi connectivity index (χ3v) is 3.90. The third kappa shape index (κ3) is 3.99. The van der Waals surface area contributed by atoms with Crippen LogP contribution in [0.2, 0.25) is 5.02 Å². The van der Waals surface area contributed by atoms with Crippen LogP contribution in [0.25, 0.3) is 11.1 Å². The highest BCUT2D eigenvalue weighted by Gasteiger charge is 2.16. The molecule has 0 fully saturated rings. The predicted molar refractivity (Wildman–Crippen MR) is 90.8 cm³/mol. The summed E-state index contributed by atoms with van der Waals surface area (Å²) in [5, 5.41) is 10.5. The number of carboxylic acids is 1. The van der Waals surface area contributed by atoms with Crippen LogP contribution < -0.4 is 4.74 Å². The Balaban J connectivity index is 2.61. The molecule has 0 amide bonds. The van der Waals surface area contributed by atoms with E-state index in [4.69, 9.17) is 16.3 Å². The van der Waals surface area contributed by atoms with Crippen molar-refractivity contribution in [2.45, 2.75) is 0 Å². The largest absolute Gasteiger partial charge is 0.491 e. The molecule has 0 unspecified atom stereocenters. The van der Waals surface area contributed by atoms with Gasteiger partial charge in [-0.1, -0.05) is 39.7 Å². The molecule has 110 valence electrons. The van der Waals surface area contributed by atoms with Crippen molar-refractivity contribution in [1.82, 2.24) is 0 Å². The van der Waals surface area contributed by atoms with Crippen LogP contribution in [0.3, 0.4) is 0 Å². The number of halogens is 3. The van der Waals surface area contributed by atoms with E-state index in [0.29, 0.717) is 32.7 Å². The second-order valence-corrected chi connectivity index (χ2v) is 6.27. The summed E-state index contributed by atoms with van der Waals surface area (Å²) < 4.78 is 6.31. The molecule has 0 spiro atoms. The van der Waals surface area contributed by atoms with Gasteiger partial charge in [0.2, 0.25) is 0 Å². The molecule has 0 saturated carbocycles. The molecule has 6 heteroatoms. The average Bonchev–Trinajstić information content (AvgIpc) is 2.45. The molecular weight excluding hydrogens is 423 g/mol. The summed E-state index contributed by atoms with van der Waals surface area (Å²) >= 11 is 12.7. The molecule has 0 heterocycles. The Bertz CT molecular complexity index is 674. The van der Waals surface area contributed by atoms with Crippen molar-refractivity contribution in [3.63, 3.8) is 0 Å². The molecule has 2 aromatic rings. The molecule has 0 aliphatic carbocycles. The quantitative estimate of drug-likeness (QED) is 0.655. The molecule has 21 heavy (non-hydrogen) atoms. The van der Waals surface area contributed by atoms with Gasteiger partial charge in [0.05, 0.1) is 16.6 Å². The lowest BCUT2D eigenvalue weighted by Crippen LogP contribution is -2.03. The van der Waals surface area contributed by atoms with E-state index < -0.39 is 5.97 Å². The SMILES string of the molecule is O=C(O)c1cc(Br)c(OCCBr)c(-c2cccc(Cl)c2)c1. The van der Waals surface area contributed by atoms with E-state index in [1.54, 1.807) is 18.2 Å². The molecule has 0 aromatic heterocycles. The number of alkyl halides is 1. The van der Waals surface area contributed by atoms with Gasteiger partial charge in [-0.2, -0.15) is 0 Å². The second-order valence-electron chi connectivity index (χ2n) is 4.19. The summed E-state index contributed by atoms with van der Waals surface area (Å²) in [5.41, 5.74) is 1.67. The van der Waals surface area contributed by atoms with E-state index >= 15 is 0 Å². The van der Waals surface area contributed by atoms with Gasteiger partial charge in [0.15, 0.2) is 0 Å². The molecule has 0 radical (unpaired) electrons. The van der Waals surface area contributed by atoms with E-state index in [0.717, 1.165) is 5.56 Å². The minimum atomic E-state index is -0.994. The first kappa shape index (κ1) is 16.3. The number of ether oxygens (including phenoxy) is 1. The van der Waals surface area contributed by atoms with Gasteiger partial charge in [-0.25, -0.2) is 4.79 Å². The fraction of sp³-hybridized carbons (Fsp3) is 0.133. The summed E-state index contributed by atoms with van der Waals surface area (Å²) in [6.45, 7) is 0.471. The normalized spacial score (nSPS) is 10.4. The van der Waals surface area contributed by atoms with E-state index in [1.807, 2.05) is 12.1 Å². The van der Waals surface area contributed by atoms with Gasteiger partial charge in [0, 0.05) is 15.9 Å². The van der Waals surface area contributed by atoms with Crippen molar-refractivity contribution in [1.29, 1.82) is 0 Å². The average molecular weight is 435 g/mol. The summed E-state index contributed by atoms with van der Waals surface area (Å²) in [5.74, 6) is -0.396. The Labute approximate surface area is 144 Å². The fourth-order valence-electron chi connectivity index (χ4n) is 1.87. The maximum atomic E-state index is 11.2. The number of hydrogen-bond acceptors (Lipinski definition) is 2. The van der Waals surface area contributed by atoms with Gasteiger partial charge < -0.3 is 9.84 Å². The van der Waals surface area contributed by atoms with Crippen molar-refractivity contribution in [3.05, 3.63) is 51.5 Å². The monoisotopic (exact) mass is 432 g/mol. The zero-order chi connectivity index (χ0) is 15.4. The highest BCUT2D eigenvalue weighted by Crippen LogP contribution is 2.38.